The van der Waals surface area contributed by atoms with Gasteiger partial charge in [0.1, 0.15) is 0 Å². The highest BCUT2D eigenvalue weighted by Gasteiger charge is 2.52. The number of unbranched alkanes of at least 4 members (excludes halogenated alkanes) is 32. The molecule has 1 amide bonds. The molecule has 4 aliphatic heterocycles. The van der Waals surface area contributed by atoms with Gasteiger partial charge >= 0.3 is 0 Å². The van der Waals surface area contributed by atoms with Crippen molar-refractivity contribution >= 4 is 124 Å². The lowest BCUT2D eigenvalue weighted by molar-refractivity contribution is -0.121. The lowest BCUT2D eigenvalue weighted by Crippen LogP contribution is -2.30. The smallest absolute Gasteiger partial charge is 0.265 e. The number of halogens is 2. The fourth-order valence-corrected chi connectivity index (χ4v) is 20.6. The van der Waals surface area contributed by atoms with Crippen LogP contribution in [0.2, 0.25) is 0 Å². The Bertz CT molecular complexity index is 2660. The van der Waals surface area contributed by atoms with E-state index in [0.717, 1.165) is 43.0 Å². The summed E-state index contributed by atoms with van der Waals surface area (Å²) in [5, 5.41) is 13.0. The molecule has 8 heterocycles. The van der Waals surface area contributed by atoms with Crippen LogP contribution in [0.15, 0.2) is 43.3 Å². The second kappa shape index (κ2) is 34.6. The van der Waals surface area contributed by atoms with Gasteiger partial charge in [-0.1, -0.05) is 285 Å². The number of amides is 1. The standard InChI is InChI=1S/C70H104Br2N2O2S4/c1-5-9-13-17-21-25-27-31-35-39-43-51(41-37-33-29-23-19-15-11-7-3)45-53-49-73-63(67-59(53)65-55(77-67)47-57(71)79-65)61-62(69(73)75)64-68-60(66-56(78-68)48-58(72)80-66)54(50-74(64)70(61)76)46-52(42-38-34-30-24-20-16-12-8-4)44-40-36-32-28-26-22-18-14-10-6-2/h47-52,69,75H,5-46H2,1-4H3/t51?,52?,69-/m1/s1. The highest BCUT2D eigenvalue weighted by atomic mass is 79.9. The number of aliphatic hydroxyl groups excluding tert-OH is 1. The third-order valence-electron chi connectivity index (χ3n) is 18.4. The molecule has 0 aromatic carbocycles. The highest BCUT2D eigenvalue weighted by Crippen LogP contribution is 2.60. The molecule has 1 N–H and O–H groups in total. The van der Waals surface area contributed by atoms with Crippen LogP contribution in [0.3, 0.4) is 0 Å². The molecule has 0 saturated heterocycles. The summed E-state index contributed by atoms with van der Waals surface area (Å²) in [5.41, 5.74) is 8.74. The molecule has 2 unspecified atom stereocenters. The van der Waals surface area contributed by atoms with Crippen LogP contribution < -0.4 is 0 Å². The molecule has 0 aliphatic carbocycles. The summed E-state index contributed by atoms with van der Waals surface area (Å²) in [6.07, 6.45) is 59.6. The average molecular weight is 1290 g/mol. The maximum absolute atomic E-state index is 15.6. The van der Waals surface area contributed by atoms with E-state index in [1.54, 1.807) is 0 Å². The number of aliphatic hydroxyl groups is 1. The van der Waals surface area contributed by atoms with Crippen LogP contribution >= 0.6 is 77.2 Å². The van der Waals surface area contributed by atoms with Crippen molar-refractivity contribution in [2.75, 3.05) is 0 Å². The molecule has 444 valence electrons. The molecule has 4 aromatic rings. The average Bonchev–Trinajstić information content (AvgIpc) is 4.44. The minimum Gasteiger partial charge on any atom is -0.369 e. The maximum Gasteiger partial charge on any atom is 0.265 e. The third-order valence-corrected chi connectivity index (χ3v) is 24.3. The van der Waals surface area contributed by atoms with Crippen LogP contribution in [0.25, 0.3) is 41.3 Å². The predicted octanol–water partition coefficient (Wildman–Crippen LogP) is 25.8. The number of thiophene rings is 4. The maximum atomic E-state index is 15.6. The van der Waals surface area contributed by atoms with Gasteiger partial charge in [0, 0.05) is 38.5 Å². The molecule has 0 spiro atoms. The van der Waals surface area contributed by atoms with Crippen LogP contribution in [0.4, 0.5) is 0 Å². The summed E-state index contributed by atoms with van der Waals surface area (Å²) >= 11 is 15.1. The van der Waals surface area contributed by atoms with E-state index < -0.39 is 6.23 Å². The van der Waals surface area contributed by atoms with Gasteiger partial charge in [-0.25, -0.2) is 0 Å². The van der Waals surface area contributed by atoms with Crippen LogP contribution in [-0.2, 0) is 4.79 Å². The van der Waals surface area contributed by atoms with E-state index in [0.29, 0.717) is 11.8 Å². The Morgan fingerprint density at radius 2 is 0.775 bits per heavy atom. The highest BCUT2D eigenvalue weighted by molar-refractivity contribution is 9.11. The molecule has 0 fully saturated rings. The van der Waals surface area contributed by atoms with Crippen molar-refractivity contribution in [3.05, 3.63) is 64.1 Å². The Morgan fingerprint density at radius 3 is 1.14 bits per heavy atom. The largest absolute Gasteiger partial charge is 0.369 e. The molecule has 4 aliphatic rings. The van der Waals surface area contributed by atoms with Crippen molar-refractivity contribution in [3.8, 4) is 0 Å². The zero-order chi connectivity index (χ0) is 56.1. The molecule has 0 bridgehead atoms. The Labute approximate surface area is 519 Å². The molecule has 8 rings (SSSR count). The van der Waals surface area contributed by atoms with E-state index in [1.165, 1.54) is 308 Å². The van der Waals surface area contributed by atoms with Gasteiger partial charge < -0.3 is 10.0 Å². The van der Waals surface area contributed by atoms with Crippen molar-refractivity contribution in [3.63, 3.8) is 0 Å². The Balaban J connectivity index is 1.04. The molecular weight excluding hydrogens is 1190 g/mol. The van der Waals surface area contributed by atoms with Gasteiger partial charge in [0.05, 0.1) is 43.7 Å². The first-order valence-electron chi connectivity index (χ1n) is 33.4. The van der Waals surface area contributed by atoms with Gasteiger partial charge in [-0.2, -0.15) is 0 Å². The lowest BCUT2D eigenvalue weighted by Gasteiger charge is -2.32. The third kappa shape index (κ3) is 17.3. The van der Waals surface area contributed by atoms with Crippen LogP contribution in [0.5, 0.6) is 0 Å². The first-order chi connectivity index (χ1) is 39.3. The molecule has 80 heavy (non-hydrogen) atoms. The number of hydrogen-bond donors (Lipinski definition) is 1. The van der Waals surface area contributed by atoms with Gasteiger partial charge in [-0.15, -0.1) is 45.3 Å². The number of carbonyl (C=O) groups excluding carboxylic acids is 1. The second-order valence-electron chi connectivity index (χ2n) is 25.0. The Kier molecular flexibility index (Phi) is 27.9. The Morgan fingerprint density at radius 1 is 0.450 bits per heavy atom. The number of fused-ring (bicyclic) bond motifs is 11. The van der Waals surface area contributed by atoms with Gasteiger partial charge in [0.15, 0.2) is 6.23 Å². The summed E-state index contributed by atoms with van der Waals surface area (Å²) < 4.78 is 7.54. The molecular formula is C70H104Br2N2O2S4. The summed E-state index contributed by atoms with van der Waals surface area (Å²) in [6, 6.07) is 4.58. The fourth-order valence-electron chi connectivity index (χ4n) is 13.9. The molecule has 0 radical (unpaired) electrons. The van der Waals surface area contributed by atoms with Crippen LogP contribution in [0.1, 0.15) is 318 Å². The number of nitrogens with zero attached hydrogens (tertiary/aromatic N) is 2. The topological polar surface area (TPSA) is 43.8 Å². The number of allylic oxidation sites excluding steroid dienone is 2. The summed E-state index contributed by atoms with van der Waals surface area (Å²) in [5.74, 6) is 1.22. The second-order valence-corrected chi connectivity index (χ2v) is 31.9. The number of rotatable bonds is 44. The Hall–Kier alpha value is -1.53. The van der Waals surface area contributed by atoms with Gasteiger partial charge in [0.2, 0.25) is 0 Å². The van der Waals surface area contributed by atoms with E-state index in [4.69, 9.17) is 0 Å². The minimum atomic E-state index is -0.923. The molecule has 10 heteroatoms. The quantitative estimate of drug-likeness (QED) is 0.0449. The van der Waals surface area contributed by atoms with Crippen molar-refractivity contribution < 1.29 is 9.90 Å². The van der Waals surface area contributed by atoms with Crippen molar-refractivity contribution in [2.45, 2.75) is 304 Å². The number of hydrogen-bond acceptors (Lipinski definition) is 7. The van der Waals surface area contributed by atoms with Crippen molar-refractivity contribution in [1.29, 1.82) is 0 Å². The van der Waals surface area contributed by atoms with Gasteiger partial charge in [-0.3, -0.25) is 9.69 Å². The van der Waals surface area contributed by atoms with E-state index in [9.17, 15) is 5.11 Å². The predicted molar refractivity (Wildman–Crippen MR) is 363 cm³/mol. The van der Waals surface area contributed by atoms with Crippen molar-refractivity contribution in [1.82, 2.24) is 9.80 Å². The summed E-state index contributed by atoms with van der Waals surface area (Å²) in [6.45, 7) is 9.25. The zero-order valence-corrected chi connectivity index (χ0v) is 56.8. The minimum absolute atomic E-state index is 0.0382. The molecule has 3 atom stereocenters. The number of carbonyl (C=O) groups is 1. The molecule has 0 saturated carbocycles. The SMILES string of the molecule is CCCCCCCCCCCCC(CCCCCCCCCC)CC1=CN2C(=O)C3=C4c5sc6cc(Br)sc6c5C(CC(CCCCCCCCCC)CCCCCCCCCCCC)=CN4[C@H](O)C3=C2c2sc3cc(Br)sc3c21. The van der Waals surface area contributed by atoms with Crippen molar-refractivity contribution in [2.24, 2.45) is 11.8 Å². The van der Waals surface area contributed by atoms with E-state index in [1.807, 2.05) is 50.2 Å². The first kappa shape index (κ1) is 64.5. The van der Waals surface area contributed by atoms with E-state index in [-0.39, 0.29) is 5.91 Å². The van der Waals surface area contributed by atoms with E-state index >= 15 is 4.79 Å². The summed E-state index contributed by atoms with van der Waals surface area (Å²) in [7, 11) is 0. The fraction of sp³-hybridized carbons (Fsp3) is 0.700. The van der Waals surface area contributed by atoms with Gasteiger partial charge in [0.25, 0.3) is 5.91 Å². The monoisotopic (exact) mass is 1290 g/mol. The van der Waals surface area contributed by atoms with Crippen LogP contribution in [-0.4, -0.2) is 27.0 Å². The summed E-state index contributed by atoms with van der Waals surface area (Å²) in [4.78, 5) is 22.1. The zero-order valence-electron chi connectivity index (χ0n) is 50.4. The van der Waals surface area contributed by atoms with Gasteiger partial charge in [-0.05, 0) is 79.8 Å². The lowest BCUT2D eigenvalue weighted by atomic mass is 9.85. The molecule has 4 aromatic heterocycles. The first-order valence-corrected chi connectivity index (χ1v) is 38.3. The normalized spacial score (nSPS) is 16.6. The van der Waals surface area contributed by atoms with Crippen LogP contribution in [0, 0.1) is 11.8 Å². The van der Waals surface area contributed by atoms with E-state index in [2.05, 4.69) is 89.0 Å². The molecule has 4 nitrogen and oxygen atoms in total.